The van der Waals surface area contributed by atoms with E-state index in [2.05, 4.69) is 5.32 Å². The Morgan fingerprint density at radius 3 is 2.86 bits per heavy atom. The quantitative estimate of drug-likeness (QED) is 0.793. The number of nitrogens with one attached hydrogen (secondary N) is 1. The van der Waals surface area contributed by atoms with Crippen LogP contribution in [0.1, 0.15) is 11.1 Å². The average Bonchev–Trinajstić information content (AvgIpc) is 2.89. The fraction of sp³-hybridized carbons (Fsp3) is 0.167. The van der Waals surface area contributed by atoms with Gasteiger partial charge in [0.1, 0.15) is 11.3 Å². The van der Waals surface area contributed by atoms with Gasteiger partial charge in [0, 0.05) is 16.6 Å². The summed E-state index contributed by atoms with van der Waals surface area (Å²) in [6, 6.07) is 13.3. The minimum absolute atomic E-state index is 0.0730. The molecule has 0 aliphatic carbocycles. The van der Waals surface area contributed by atoms with Gasteiger partial charge in [-0.2, -0.15) is 0 Å². The van der Waals surface area contributed by atoms with E-state index in [0.717, 1.165) is 33.5 Å². The van der Waals surface area contributed by atoms with Gasteiger partial charge >= 0.3 is 0 Å². The number of carbonyl (C=O) groups excluding carboxylic acids is 1. The fourth-order valence-corrected chi connectivity index (χ4v) is 2.43. The largest absolute Gasteiger partial charge is 0.497 e. The van der Waals surface area contributed by atoms with E-state index in [0.29, 0.717) is 0 Å². The average molecular weight is 295 g/mol. The summed E-state index contributed by atoms with van der Waals surface area (Å²) in [7, 11) is 1.62. The van der Waals surface area contributed by atoms with Crippen LogP contribution in [0.25, 0.3) is 11.0 Å². The van der Waals surface area contributed by atoms with Gasteiger partial charge in [-0.25, -0.2) is 0 Å². The summed E-state index contributed by atoms with van der Waals surface area (Å²) in [5.41, 5.74) is 3.50. The van der Waals surface area contributed by atoms with E-state index >= 15 is 0 Å². The number of anilines is 1. The monoisotopic (exact) mass is 295 g/mol. The maximum absolute atomic E-state index is 12.2. The van der Waals surface area contributed by atoms with Crippen molar-refractivity contribution in [1.82, 2.24) is 0 Å². The van der Waals surface area contributed by atoms with E-state index in [1.807, 2.05) is 49.4 Å². The first-order valence-corrected chi connectivity index (χ1v) is 7.06. The van der Waals surface area contributed by atoms with Crippen LogP contribution < -0.4 is 10.1 Å². The second-order valence-electron chi connectivity index (χ2n) is 5.22. The molecule has 0 fully saturated rings. The van der Waals surface area contributed by atoms with Crippen molar-refractivity contribution in [1.29, 1.82) is 0 Å². The molecule has 3 aromatic rings. The summed E-state index contributed by atoms with van der Waals surface area (Å²) >= 11 is 0. The Morgan fingerprint density at radius 1 is 1.23 bits per heavy atom. The number of methoxy groups -OCH3 is 1. The number of benzene rings is 2. The maximum atomic E-state index is 12.2. The van der Waals surface area contributed by atoms with Crippen LogP contribution in [0.3, 0.4) is 0 Å². The smallest absolute Gasteiger partial charge is 0.228 e. The molecule has 0 aliphatic rings. The van der Waals surface area contributed by atoms with E-state index in [1.165, 1.54) is 0 Å². The van der Waals surface area contributed by atoms with Gasteiger partial charge in [-0.15, -0.1) is 0 Å². The van der Waals surface area contributed by atoms with Gasteiger partial charge in [0.2, 0.25) is 5.91 Å². The predicted molar refractivity (Wildman–Crippen MR) is 86.3 cm³/mol. The van der Waals surface area contributed by atoms with Crippen LogP contribution in [-0.4, -0.2) is 13.0 Å². The number of rotatable bonds is 4. The number of hydrogen-bond acceptors (Lipinski definition) is 3. The van der Waals surface area contributed by atoms with E-state index < -0.39 is 0 Å². The van der Waals surface area contributed by atoms with Crippen LogP contribution in [0.5, 0.6) is 5.75 Å². The number of fused-ring (bicyclic) bond motifs is 1. The van der Waals surface area contributed by atoms with Gasteiger partial charge in [0.05, 0.1) is 19.8 Å². The van der Waals surface area contributed by atoms with Crippen LogP contribution in [0.4, 0.5) is 5.69 Å². The van der Waals surface area contributed by atoms with E-state index in [4.69, 9.17) is 9.15 Å². The summed E-state index contributed by atoms with van der Waals surface area (Å²) < 4.78 is 10.7. The van der Waals surface area contributed by atoms with Crippen molar-refractivity contribution in [2.45, 2.75) is 13.3 Å². The molecule has 3 rings (SSSR count). The van der Waals surface area contributed by atoms with Gasteiger partial charge < -0.3 is 14.5 Å². The highest BCUT2D eigenvalue weighted by atomic mass is 16.5. The maximum Gasteiger partial charge on any atom is 0.228 e. The molecular weight excluding hydrogens is 278 g/mol. The lowest BCUT2D eigenvalue weighted by Gasteiger charge is -2.05. The van der Waals surface area contributed by atoms with Gasteiger partial charge in [-0.1, -0.05) is 12.1 Å². The van der Waals surface area contributed by atoms with Crippen molar-refractivity contribution >= 4 is 22.6 Å². The Labute approximate surface area is 128 Å². The number of furan rings is 1. The molecule has 0 saturated carbocycles. The van der Waals surface area contributed by atoms with Crippen molar-refractivity contribution in [3.63, 3.8) is 0 Å². The number of hydrogen-bond donors (Lipinski definition) is 1. The summed E-state index contributed by atoms with van der Waals surface area (Å²) in [6.45, 7) is 1.99. The molecule has 112 valence electrons. The Hall–Kier alpha value is -2.75. The first kappa shape index (κ1) is 14.2. The van der Waals surface area contributed by atoms with Gasteiger partial charge in [0.25, 0.3) is 0 Å². The second kappa shape index (κ2) is 5.93. The summed E-state index contributed by atoms with van der Waals surface area (Å²) in [6.07, 6.45) is 1.88. The zero-order valence-corrected chi connectivity index (χ0v) is 12.6. The van der Waals surface area contributed by atoms with Crippen molar-refractivity contribution in [3.8, 4) is 5.75 Å². The number of carbonyl (C=O) groups is 1. The van der Waals surface area contributed by atoms with Crippen molar-refractivity contribution in [2.75, 3.05) is 12.4 Å². The van der Waals surface area contributed by atoms with Crippen LogP contribution in [0.2, 0.25) is 0 Å². The third kappa shape index (κ3) is 2.96. The Bertz CT molecular complexity index is 820. The standard InChI is InChI=1S/C18H17NO3/c1-12-4-3-5-14(8-12)19-18(20)9-13-11-22-17-7-6-15(21-2)10-16(13)17/h3-8,10-11H,9H2,1-2H3,(H,19,20). The van der Waals surface area contributed by atoms with Gasteiger partial charge in [0.15, 0.2) is 0 Å². The van der Waals surface area contributed by atoms with Crippen LogP contribution in [-0.2, 0) is 11.2 Å². The first-order chi connectivity index (χ1) is 10.7. The molecule has 1 heterocycles. The number of ether oxygens (including phenoxy) is 1. The van der Waals surface area contributed by atoms with Crippen LogP contribution in [0.15, 0.2) is 53.1 Å². The molecule has 1 aromatic heterocycles. The molecule has 2 aromatic carbocycles. The van der Waals surface area contributed by atoms with Crippen molar-refractivity contribution in [3.05, 3.63) is 59.9 Å². The molecule has 22 heavy (non-hydrogen) atoms. The van der Waals surface area contributed by atoms with Crippen LogP contribution >= 0.6 is 0 Å². The molecule has 0 atom stereocenters. The molecule has 1 amide bonds. The molecule has 1 N–H and O–H groups in total. The van der Waals surface area contributed by atoms with E-state index in [1.54, 1.807) is 13.4 Å². The van der Waals surface area contributed by atoms with Crippen LogP contribution in [0, 0.1) is 6.92 Å². The molecule has 0 radical (unpaired) electrons. The lowest BCUT2D eigenvalue weighted by atomic mass is 10.1. The highest BCUT2D eigenvalue weighted by Gasteiger charge is 2.11. The molecule has 4 heteroatoms. The second-order valence-corrected chi connectivity index (χ2v) is 5.22. The SMILES string of the molecule is COc1ccc2occ(CC(=O)Nc3cccc(C)c3)c2c1. The lowest BCUT2D eigenvalue weighted by molar-refractivity contribution is -0.115. The summed E-state index contributed by atoms with van der Waals surface area (Å²) in [5.74, 6) is 0.672. The number of amides is 1. The Balaban J connectivity index is 1.79. The molecule has 0 aliphatic heterocycles. The van der Waals surface area contributed by atoms with Crippen molar-refractivity contribution < 1.29 is 13.9 Å². The van der Waals surface area contributed by atoms with Gasteiger partial charge in [-0.05, 0) is 42.8 Å². The van der Waals surface area contributed by atoms with E-state index in [9.17, 15) is 4.79 Å². The van der Waals surface area contributed by atoms with Gasteiger partial charge in [-0.3, -0.25) is 4.79 Å². The third-order valence-electron chi connectivity index (χ3n) is 3.51. The Kier molecular flexibility index (Phi) is 3.83. The zero-order chi connectivity index (χ0) is 15.5. The topological polar surface area (TPSA) is 51.5 Å². The molecule has 0 saturated heterocycles. The molecule has 4 nitrogen and oxygen atoms in total. The lowest BCUT2D eigenvalue weighted by Crippen LogP contribution is -2.14. The van der Waals surface area contributed by atoms with Crippen molar-refractivity contribution in [2.24, 2.45) is 0 Å². The third-order valence-corrected chi connectivity index (χ3v) is 3.51. The first-order valence-electron chi connectivity index (χ1n) is 7.06. The number of aryl methyl sites for hydroxylation is 1. The molecular formula is C18H17NO3. The molecule has 0 bridgehead atoms. The van der Waals surface area contributed by atoms with E-state index in [-0.39, 0.29) is 12.3 Å². The molecule has 0 unspecified atom stereocenters. The zero-order valence-electron chi connectivity index (χ0n) is 12.6. The fourth-order valence-electron chi connectivity index (χ4n) is 2.43. The minimum Gasteiger partial charge on any atom is -0.497 e. The predicted octanol–water partition coefficient (Wildman–Crippen LogP) is 3.93. The molecule has 0 spiro atoms. The highest BCUT2D eigenvalue weighted by molar-refractivity contribution is 5.95. The summed E-state index contributed by atoms with van der Waals surface area (Å²) in [5, 5.41) is 3.80. The Morgan fingerprint density at radius 2 is 2.09 bits per heavy atom. The normalized spacial score (nSPS) is 10.6. The summed E-state index contributed by atoms with van der Waals surface area (Å²) in [4.78, 5) is 12.2. The minimum atomic E-state index is -0.0730. The highest BCUT2D eigenvalue weighted by Crippen LogP contribution is 2.26.